The molecule has 0 radical (unpaired) electrons. The van der Waals surface area contributed by atoms with E-state index in [0.717, 1.165) is 12.4 Å². The zero-order valence-corrected chi connectivity index (χ0v) is 10.1. The molecule has 1 aromatic carbocycles. The Morgan fingerprint density at radius 1 is 1.33 bits per heavy atom. The van der Waals surface area contributed by atoms with Crippen LogP contribution in [-0.4, -0.2) is 9.55 Å². The molecule has 2 rings (SSSR count). The zero-order chi connectivity index (χ0) is 13.1. The SMILES string of the molecule is CCn1ccnc1CC(N)c1c(F)cccc1F. The molecular formula is C13H15F2N3. The van der Waals surface area contributed by atoms with Gasteiger partial charge < -0.3 is 10.3 Å². The first-order valence-electron chi connectivity index (χ1n) is 5.83. The first kappa shape index (κ1) is 12.7. The van der Waals surface area contributed by atoms with Gasteiger partial charge in [0.1, 0.15) is 17.5 Å². The molecule has 0 saturated carbocycles. The Hall–Kier alpha value is -1.75. The molecule has 1 unspecified atom stereocenters. The predicted octanol–water partition coefficient (Wildman–Crippen LogP) is 2.42. The summed E-state index contributed by atoms with van der Waals surface area (Å²) in [4.78, 5) is 4.15. The van der Waals surface area contributed by atoms with Gasteiger partial charge >= 0.3 is 0 Å². The fourth-order valence-electron chi connectivity index (χ4n) is 1.98. The van der Waals surface area contributed by atoms with Gasteiger partial charge in [-0.1, -0.05) is 6.07 Å². The van der Waals surface area contributed by atoms with Crippen molar-refractivity contribution in [2.45, 2.75) is 25.9 Å². The van der Waals surface area contributed by atoms with Crippen molar-refractivity contribution >= 4 is 0 Å². The summed E-state index contributed by atoms with van der Waals surface area (Å²) < 4.78 is 29.0. The lowest BCUT2D eigenvalue weighted by Crippen LogP contribution is -2.19. The highest BCUT2D eigenvalue weighted by Gasteiger charge is 2.18. The Kier molecular flexibility index (Phi) is 3.72. The van der Waals surface area contributed by atoms with Gasteiger partial charge in [-0.05, 0) is 19.1 Å². The van der Waals surface area contributed by atoms with E-state index in [1.54, 1.807) is 6.20 Å². The molecule has 0 bridgehead atoms. The quantitative estimate of drug-likeness (QED) is 0.907. The molecular weight excluding hydrogens is 236 g/mol. The summed E-state index contributed by atoms with van der Waals surface area (Å²) in [6.07, 6.45) is 3.78. The van der Waals surface area contributed by atoms with Gasteiger partial charge in [-0.3, -0.25) is 0 Å². The summed E-state index contributed by atoms with van der Waals surface area (Å²) in [7, 11) is 0. The van der Waals surface area contributed by atoms with Crippen molar-refractivity contribution in [3.05, 3.63) is 53.6 Å². The fraction of sp³-hybridized carbons (Fsp3) is 0.308. The van der Waals surface area contributed by atoms with Crippen LogP contribution in [0.15, 0.2) is 30.6 Å². The van der Waals surface area contributed by atoms with Gasteiger partial charge in [-0.25, -0.2) is 13.8 Å². The molecule has 96 valence electrons. The second-order valence-corrected chi connectivity index (χ2v) is 4.08. The maximum atomic E-state index is 13.6. The average Bonchev–Trinajstić information content (AvgIpc) is 2.76. The molecule has 2 aromatic rings. The van der Waals surface area contributed by atoms with Crippen molar-refractivity contribution in [2.75, 3.05) is 0 Å². The minimum atomic E-state index is -0.737. The van der Waals surface area contributed by atoms with Crippen LogP contribution in [-0.2, 0) is 13.0 Å². The van der Waals surface area contributed by atoms with Crippen molar-refractivity contribution in [3.63, 3.8) is 0 Å². The Morgan fingerprint density at radius 2 is 2.00 bits per heavy atom. The molecule has 0 fully saturated rings. The summed E-state index contributed by atoms with van der Waals surface area (Å²) in [5.74, 6) is -0.498. The third kappa shape index (κ3) is 2.41. The largest absolute Gasteiger partial charge is 0.335 e. The molecule has 0 aliphatic heterocycles. The Morgan fingerprint density at radius 3 is 2.61 bits per heavy atom. The van der Waals surface area contributed by atoms with Gasteiger partial charge in [0.15, 0.2) is 0 Å². The van der Waals surface area contributed by atoms with E-state index in [-0.39, 0.29) is 5.56 Å². The van der Waals surface area contributed by atoms with Crippen LogP contribution in [0.25, 0.3) is 0 Å². The zero-order valence-electron chi connectivity index (χ0n) is 10.1. The lowest BCUT2D eigenvalue weighted by Gasteiger charge is -2.14. The number of benzene rings is 1. The highest BCUT2D eigenvalue weighted by atomic mass is 19.1. The first-order valence-corrected chi connectivity index (χ1v) is 5.83. The van der Waals surface area contributed by atoms with E-state index in [0.29, 0.717) is 6.42 Å². The molecule has 1 aromatic heterocycles. The van der Waals surface area contributed by atoms with Crippen molar-refractivity contribution < 1.29 is 8.78 Å². The van der Waals surface area contributed by atoms with Crippen molar-refractivity contribution in [3.8, 4) is 0 Å². The summed E-state index contributed by atoms with van der Waals surface area (Å²) in [6, 6.07) is 3.02. The number of hydrogen-bond acceptors (Lipinski definition) is 2. The van der Waals surface area contributed by atoms with E-state index >= 15 is 0 Å². The first-order chi connectivity index (χ1) is 8.63. The average molecular weight is 251 g/mol. The highest BCUT2D eigenvalue weighted by molar-refractivity contribution is 5.24. The van der Waals surface area contributed by atoms with Gasteiger partial charge in [-0.15, -0.1) is 0 Å². The number of halogens is 2. The number of rotatable bonds is 4. The molecule has 3 nitrogen and oxygen atoms in total. The number of nitrogens with two attached hydrogens (primary N) is 1. The van der Waals surface area contributed by atoms with E-state index in [4.69, 9.17) is 5.73 Å². The Bertz CT molecular complexity index is 517. The molecule has 18 heavy (non-hydrogen) atoms. The fourth-order valence-corrected chi connectivity index (χ4v) is 1.98. The maximum Gasteiger partial charge on any atom is 0.130 e. The van der Waals surface area contributed by atoms with E-state index in [9.17, 15) is 8.78 Å². The number of imidazole rings is 1. The molecule has 0 spiro atoms. The maximum absolute atomic E-state index is 13.6. The van der Waals surface area contributed by atoms with Crippen molar-refractivity contribution in [1.82, 2.24) is 9.55 Å². The van der Waals surface area contributed by atoms with Crippen LogP contribution in [0.5, 0.6) is 0 Å². The van der Waals surface area contributed by atoms with E-state index in [1.807, 2.05) is 17.7 Å². The molecule has 0 amide bonds. The van der Waals surface area contributed by atoms with Crippen LogP contribution < -0.4 is 5.73 Å². The van der Waals surface area contributed by atoms with Crippen LogP contribution in [0.2, 0.25) is 0 Å². The van der Waals surface area contributed by atoms with E-state index in [2.05, 4.69) is 4.98 Å². The van der Waals surface area contributed by atoms with Crippen LogP contribution in [0, 0.1) is 11.6 Å². The van der Waals surface area contributed by atoms with E-state index in [1.165, 1.54) is 18.2 Å². The van der Waals surface area contributed by atoms with Gasteiger partial charge in [-0.2, -0.15) is 0 Å². The topological polar surface area (TPSA) is 43.8 Å². The van der Waals surface area contributed by atoms with Gasteiger partial charge in [0.25, 0.3) is 0 Å². The minimum Gasteiger partial charge on any atom is -0.335 e. The van der Waals surface area contributed by atoms with Crippen LogP contribution >= 0.6 is 0 Å². The Balaban J connectivity index is 2.25. The monoisotopic (exact) mass is 251 g/mol. The molecule has 2 N–H and O–H groups in total. The lowest BCUT2D eigenvalue weighted by atomic mass is 10.0. The summed E-state index contributed by atoms with van der Waals surface area (Å²) in [5, 5.41) is 0. The van der Waals surface area contributed by atoms with Gasteiger partial charge in [0.05, 0.1) is 0 Å². The molecule has 0 aliphatic rings. The van der Waals surface area contributed by atoms with E-state index < -0.39 is 17.7 Å². The summed E-state index contributed by atoms with van der Waals surface area (Å²) in [6.45, 7) is 2.72. The third-order valence-electron chi connectivity index (χ3n) is 2.92. The molecule has 0 saturated heterocycles. The van der Waals surface area contributed by atoms with Crippen LogP contribution in [0.1, 0.15) is 24.4 Å². The Labute approximate surface area is 104 Å². The van der Waals surface area contributed by atoms with Crippen molar-refractivity contribution in [1.29, 1.82) is 0 Å². The second kappa shape index (κ2) is 5.27. The smallest absolute Gasteiger partial charge is 0.130 e. The predicted molar refractivity (Wildman–Crippen MR) is 64.9 cm³/mol. The highest BCUT2D eigenvalue weighted by Crippen LogP contribution is 2.21. The number of aryl methyl sites for hydroxylation is 1. The summed E-state index contributed by atoms with van der Waals surface area (Å²) in [5.41, 5.74) is 5.80. The minimum absolute atomic E-state index is 0.0804. The number of aromatic nitrogens is 2. The second-order valence-electron chi connectivity index (χ2n) is 4.08. The normalized spacial score (nSPS) is 12.7. The molecule has 5 heteroatoms. The number of nitrogens with zero attached hydrogens (tertiary/aromatic N) is 2. The molecule has 1 atom stereocenters. The molecule has 1 heterocycles. The van der Waals surface area contributed by atoms with Gasteiger partial charge in [0.2, 0.25) is 0 Å². The van der Waals surface area contributed by atoms with Crippen LogP contribution in [0.3, 0.4) is 0 Å². The van der Waals surface area contributed by atoms with Crippen molar-refractivity contribution in [2.24, 2.45) is 5.73 Å². The molecule has 0 aliphatic carbocycles. The standard InChI is InChI=1S/C13H15F2N3/c1-2-18-7-6-17-12(18)8-11(16)13-9(14)4-3-5-10(13)15/h3-7,11H,2,8,16H2,1H3. The number of hydrogen-bond donors (Lipinski definition) is 1. The lowest BCUT2D eigenvalue weighted by molar-refractivity contribution is 0.515. The van der Waals surface area contributed by atoms with Crippen LogP contribution in [0.4, 0.5) is 8.78 Å². The van der Waals surface area contributed by atoms with Gasteiger partial charge in [0, 0.05) is 37.0 Å². The third-order valence-corrected chi connectivity index (χ3v) is 2.92. The summed E-state index contributed by atoms with van der Waals surface area (Å²) >= 11 is 0.